The average molecular weight is 342 g/mol. The highest BCUT2D eigenvalue weighted by Crippen LogP contribution is 2.28. The molecule has 0 spiro atoms. The second-order valence-corrected chi connectivity index (χ2v) is 5.44. The Kier molecular flexibility index (Phi) is 7.63. The van der Waals surface area contributed by atoms with Gasteiger partial charge < -0.3 is 14.2 Å². The van der Waals surface area contributed by atoms with Crippen molar-refractivity contribution < 1.29 is 14.2 Å². The molecule has 0 fully saturated rings. The number of unbranched alkanes of at least 4 members (excludes halogenated alkanes) is 1. The maximum absolute atomic E-state index is 5.78. The van der Waals surface area contributed by atoms with Crippen LogP contribution in [0.4, 0.5) is 5.69 Å². The minimum absolute atomic E-state index is 0.592. The average Bonchev–Trinajstić information content (AvgIpc) is 2.64. The van der Waals surface area contributed by atoms with Gasteiger partial charge in [0.2, 0.25) is 0 Å². The van der Waals surface area contributed by atoms with Crippen molar-refractivity contribution in [1.82, 2.24) is 0 Å². The topological polar surface area (TPSA) is 52.1 Å². The first-order valence-electron chi connectivity index (χ1n) is 8.59. The fourth-order valence-corrected chi connectivity index (χ4v) is 2.17. The highest BCUT2D eigenvalue weighted by molar-refractivity contribution is 5.81. The van der Waals surface area contributed by atoms with Gasteiger partial charge in [0, 0.05) is 0 Å². The van der Waals surface area contributed by atoms with Crippen molar-refractivity contribution in [3.05, 3.63) is 48.0 Å². The van der Waals surface area contributed by atoms with E-state index in [1.165, 1.54) is 0 Å². The minimum Gasteiger partial charge on any atom is -0.497 e. The van der Waals surface area contributed by atoms with E-state index in [4.69, 9.17) is 14.2 Å². The predicted molar refractivity (Wildman–Crippen MR) is 102 cm³/mol. The number of nitrogens with one attached hydrogen (secondary N) is 1. The lowest BCUT2D eigenvalue weighted by Gasteiger charge is -2.12. The molecule has 1 N–H and O–H groups in total. The maximum Gasteiger partial charge on any atom is 0.161 e. The minimum atomic E-state index is 0.592. The van der Waals surface area contributed by atoms with Crippen LogP contribution in [0.3, 0.4) is 0 Å². The molecule has 0 saturated heterocycles. The molecular weight excluding hydrogens is 316 g/mol. The van der Waals surface area contributed by atoms with Gasteiger partial charge in [-0.05, 0) is 61.4 Å². The molecule has 0 aliphatic rings. The lowest BCUT2D eigenvalue weighted by Crippen LogP contribution is -2.01. The second kappa shape index (κ2) is 10.2. The number of benzene rings is 2. The zero-order valence-corrected chi connectivity index (χ0v) is 15.1. The molecule has 0 atom stereocenters. The van der Waals surface area contributed by atoms with Gasteiger partial charge in [0.15, 0.2) is 11.5 Å². The van der Waals surface area contributed by atoms with E-state index in [-0.39, 0.29) is 0 Å². The summed E-state index contributed by atoms with van der Waals surface area (Å²) in [4.78, 5) is 0. The third-order valence-corrected chi connectivity index (χ3v) is 3.52. The van der Waals surface area contributed by atoms with Gasteiger partial charge in [-0.1, -0.05) is 13.3 Å². The molecule has 5 nitrogen and oxygen atoms in total. The van der Waals surface area contributed by atoms with E-state index in [1.807, 2.05) is 49.4 Å². The summed E-state index contributed by atoms with van der Waals surface area (Å²) in [6.07, 6.45) is 3.88. The number of anilines is 1. The highest BCUT2D eigenvalue weighted by atomic mass is 16.5. The van der Waals surface area contributed by atoms with Crippen LogP contribution in [0.5, 0.6) is 17.2 Å². The van der Waals surface area contributed by atoms with E-state index in [9.17, 15) is 0 Å². The highest BCUT2D eigenvalue weighted by Gasteiger charge is 2.05. The molecule has 0 unspecified atom stereocenters. The Morgan fingerprint density at radius 2 is 1.80 bits per heavy atom. The number of ether oxygens (including phenoxy) is 3. The molecule has 0 heterocycles. The largest absolute Gasteiger partial charge is 0.497 e. The van der Waals surface area contributed by atoms with Crippen molar-refractivity contribution in [2.45, 2.75) is 26.7 Å². The summed E-state index contributed by atoms with van der Waals surface area (Å²) in [5.41, 5.74) is 4.82. The van der Waals surface area contributed by atoms with Gasteiger partial charge in [-0.3, -0.25) is 5.43 Å². The summed E-state index contributed by atoms with van der Waals surface area (Å²) in [6, 6.07) is 13.4. The summed E-state index contributed by atoms with van der Waals surface area (Å²) >= 11 is 0. The first kappa shape index (κ1) is 18.6. The van der Waals surface area contributed by atoms with Crippen LogP contribution >= 0.6 is 0 Å². The Morgan fingerprint density at radius 1 is 1.00 bits per heavy atom. The Balaban J connectivity index is 2.01. The third kappa shape index (κ3) is 6.03. The van der Waals surface area contributed by atoms with Crippen LogP contribution < -0.4 is 19.6 Å². The Hall–Kier alpha value is -2.69. The molecule has 0 bridgehead atoms. The fourth-order valence-electron chi connectivity index (χ4n) is 2.17. The van der Waals surface area contributed by atoms with Gasteiger partial charge in [0.05, 0.1) is 32.2 Å². The molecule has 0 radical (unpaired) electrons. The molecule has 2 aromatic rings. The van der Waals surface area contributed by atoms with Gasteiger partial charge >= 0.3 is 0 Å². The van der Waals surface area contributed by atoms with Gasteiger partial charge in [0.1, 0.15) is 5.75 Å². The van der Waals surface area contributed by atoms with Crippen LogP contribution in [0.2, 0.25) is 0 Å². The molecule has 2 rings (SSSR count). The van der Waals surface area contributed by atoms with Gasteiger partial charge in [-0.2, -0.15) is 5.10 Å². The van der Waals surface area contributed by atoms with Crippen molar-refractivity contribution in [3.63, 3.8) is 0 Å². The van der Waals surface area contributed by atoms with Crippen molar-refractivity contribution in [1.29, 1.82) is 0 Å². The summed E-state index contributed by atoms with van der Waals surface area (Å²) < 4.78 is 16.6. The molecule has 134 valence electrons. The number of hydrogen-bond acceptors (Lipinski definition) is 5. The van der Waals surface area contributed by atoms with Gasteiger partial charge in [-0.15, -0.1) is 0 Å². The monoisotopic (exact) mass is 342 g/mol. The third-order valence-electron chi connectivity index (χ3n) is 3.52. The maximum atomic E-state index is 5.78. The van der Waals surface area contributed by atoms with Gasteiger partial charge in [0.25, 0.3) is 0 Å². The normalized spacial score (nSPS) is 10.7. The van der Waals surface area contributed by atoms with E-state index >= 15 is 0 Å². The lowest BCUT2D eigenvalue weighted by molar-refractivity contribution is 0.272. The quantitative estimate of drug-likeness (QED) is 0.386. The van der Waals surface area contributed by atoms with Crippen LogP contribution in [0.15, 0.2) is 47.6 Å². The van der Waals surface area contributed by atoms with E-state index in [0.717, 1.165) is 41.3 Å². The zero-order valence-electron chi connectivity index (χ0n) is 15.1. The molecule has 0 aliphatic carbocycles. The molecule has 0 aliphatic heterocycles. The van der Waals surface area contributed by atoms with E-state index < -0.39 is 0 Å². The van der Waals surface area contributed by atoms with Crippen LogP contribution in [-0.2, 0) is 0 Å². The van der Waals surface area contributed by atoms with E-state index in [1.54, 1.807) is 13.3 Å². The van der Waals surface area contributed by atoms with Gasteiger partial charge in [-0.25, -0.2) is 0 Å². The fraction of sp³-hybridized carbons (Fsp3) is 0.350. The zero-order chi connectivity index (χ0) is 17.9. The van der Waals surface area contributed by atoms with Crippen molar-refractivity contribution in [2.24, 2.45) is 5.10 Å². The standard InChI is InChI=1S/C20H26N2O3/c1-4-6-13-25-19-12-7-16(14-20(19)24-5-2)15-21-22-17-8-10-18(23-3)11-9-17/h7-12,14-15,22H,4-6,13H2,1-3H3/b21-15+. The number of hydrazone groups is 1. The van der Waals surface area contributed by atoms with Crippen LogP contribution in [0.25, 0.3) is 0 Å². The molecule has 0 aromatic heterocycles. The van der Waals surface area contributed by atoms with Crippen LogP contribution in [0.1, 0.15) is 32.3 Å². The first-order chi connectivity index (χ1) is 12.3. The second-order valence-electron chi connectivity index (χ2n) is 5.44. The molecular formula is C20H26N2O3. The molecule has 25 heavy (non-hydrogen) atoms. The molecule has 5 heteroatoms. The van der Waals surface area contributed by atoms with E-state index in [0.29, 0.717) is 13.2 Å². The number of methoxy groups -OCH3 is 1. The van der Waals surface area contributed by atoms with E-state index in [2.05, 4.69) is 17.5 Å². The van der Waals surface area contributed by atoms with Crippen LogP contribution in [-0.4, -0.2) is 26.5 Å². The summed E-state index contributed by atoms with van der Waals surface area (Å²) in [5.74, 6) is 2.33. The van der Waals surface area contributed by atoms with Crippen molar-refractivity contribution in [2.75, 3.05) is 25.7 Å². The van der Waals surface area contributed by atoms with Crippen molar-refractivity contribution in [3.8, 4) is 17.2 Å². The predicted octanol–water partition coefficient (Wildman–Crippen LogP) is 4.72. The summed E-state index contributed by atoms with van der Waals surface area (Å²) in [5, 5.41) is 4.26. The Labute approximate surface area is 149 Å². The molecule has 0 amide bonds. The van der Waals surface area contributed by atoms with Crippen molar-refractivity contribution >= 4 is 11.9 Å². The summed E-state index contributed by atoms with van der Waals surface area (Å²) in [7, 11) is 1.65. The molecule has 2 aromatic carbocycles. The summed E-state index contributed by atoms with van der Waals surface area (Å²) in [6.45, 7) is 5.39. The SMILES string of the molecule is CCCCOc1ccc(/C=N/Nc2ccc(OC)cc2)cc1OCC. The lowest BCUT2D eigenvalue weighted by atomic mass is 10.2. The number of hydrogen-bond donors (Lipinski definition) is 1. The van der Waals surface area contributed by atoms with Crippen LogP contribution in [0, 0.1) is 0 Å². The first-order valence-corrected chi connectivity index (χ1v) is 8.59. The number of rotatable bonds is 10. The Bertz CT molecular complexity index is 669. The number of nitrogens with zero attached hydrogens (tertiary/aromatic N) is 1. The smallest absolute Gasteiger partial charge is 0.161 e. The molecule has 0 saturated carbocycles. The Morgan fingerprint density at radius 3 is 2.48 bits per heavy atom.